The third-order valence-corrected chi connectivity index (χ3v) is 6.27. The molecular formula is C16H19N3O4S. The van der Waals surface area contributed by atoms with Gasteiger partial charge in [-0.25, -0.2) is 18.2 Å². The van der Waals surface area contributed by atoms with Gasteiger partial charge in [-0.05, 0) is 31.0 Å². The van der Waals surface area contributed by atoms with Crippen LogP contribution in [-0.2, 0) is 14.8 Å². The van der Waals surface area contributed by atoms with E-state index in [0.29, 0.717) is 30.4 Å². The summed E-state index contributed by atoms with van der Waals surface area (Å²) in [5, 5.41) is 0.920. The number of hydrogen-bond acceptors (Lipinski definition) is 6. The van der Waals surface area contributed by atoms with E-state index >= 15 is 0 Å². The van der Waals surface area contributed by atoms with Crippen molar-refractivity contribution in [1.82, 2.24) is 9.29 Å². The van der Waals surface area contributed by atoms with Crippen molar-refractivity contribution in [3.8, 4) is 0 Å². The van der Waals surface area contributed by atoms with Gasteiger partial charge in [0.2, 0.25) is 10.0 Å². The first-order chi connectivity index (χ1) is 11.5. The second kappa shape index (κ2) is 6.46. The Morgan fingerprint density at radius 2 is 2.17 bits per heavy atom. The molecule has 1 aliphatic rings. The van der Waals surface area contributed by atoms with Crippen LogP contribution in [0.25, 0.3) is 10.8 Å². The Labute approximate surface area is 140 Å². The molecular weight excluding hydrogens is 330 g/mol. The minimum absolute atomic E-state index is 0.105. The van der Waals surface area contributed by atoms with E-state index in [2.05, 4.69) is 4.98 Å². The number of ether oxygens (including phenoxy) is 1. The van der Waals surface area contributed by atoms with E-state index in [9.17, 15) is 13.2 Å². The van der Waals surface area contributed by atoms with Gasteiger partial charge in [-0.1, -0.05) is 12.1 Å². The lowest BCUT2D eigenvalue weighted by molar-refractivity contribution is 0.0596. The number of carbonyl (C=O) groups is 1. The number of carbonyl (C=O) groups excluding carboxylic acids is 1. The molecule has 2 N–H and O–H groups in total. The highest BCUT2D eigenvalue weighted by Gasteiger charge is 2.33. The number of hydrogen-bond donors (Lipinski definition) is 1. The number of pyridine rings is 1. The fraction of sp³-hybridized carbons (Fsp3) is 0.375. The lowest BCUT2D eigenvalue weighted by Crippen LogP contribution is -2.30. The maximum Gasteiger partial charge on any atom is 0.357 e. The van der Waals surface area contributed by atoms with E-state index in [1.165, 1.54) is 17.6 Å². The molecule has 0 amide bonds. The van der Waals surface area contributed by atoms with Gasteiger partial charge < -0.3 is 10.5 Å². The van der Waals surface area contributed by atoms with Crippen LogP contribution in [0.2, 0.25) is 0 Å². The van der Waals surface area contributed by atoms with Gasteiger partial charge >= 0.3 is 5.97 Å². The number of rotatable bonds is 4. The Hall–Kier alpha value is -2.03. The fourth-order valence-corrected chi connectivity index (χ4v) is 4.75. The smallest absolute Gasteiger partial charge is 0.357 e. The molecule has 3 rings (SSSR count). The van der Waals surface area contributed by atoms with Crippen LogP contribution in [0.5, 0.6) is 0 Å². The second-order valence-electron chi connectivity index (χ2n) is 5.76. The largest absolute Gasteiger partial charge is 0.464 e. The van der Waals surface area contributed by atoms with Gasteiger partial charge in [-0.2, -0.15) is 4.31 Å². The highest BCUT2D eigenvalue weighted by atomic mass is 32.2. The van der Waals surface area contributed by atoms with Gasteiger partial charge in [0.15, 0.2) is 5.69 Å². The molecule has 128 valence electrons. The van der Waals surface area contributed by atoms with Crippen LogP contribution in [0.3, 0.4) is 0 Å². The Bertz CT molecular complexity index is 882. The summed E-state index contributed by atoms with van der Waals surface area (Å²) in [5.74, 6) is -0.415. The predicted molar refractivity (Wildman–Crippen MR) is 89.0 cm³/mol. The van der Waals surface area contributed by atoms with Crippen LogP contribution in [0, 0.1) is 5.92 Å². The van der Waals surface area contributed by atoms with Crippen LogP contribution in [0.1, 0.15) is 16.9 Å². The van der Waals surface area contributed by atoms with Crippen LogP contribution in [-0.4, -0.2) is 50.4 Å². The zero-order valence-corrected chi connectivity index (χ0v) is 14.1. The lowest BCUT2D eigenvalue weighted by atomic mass is 10.1. The van der Waals surface area contributed by atoms with Gasteiger partial charge in [0.25, 0.3) is 0 Å². The van der Waals surface area contributed by atoms with E-state index in [1.807, 2.05) is 0 Å². The number of nitrogens with zero attached hydrogens (tertiary/aromatic N) is 2. The molecule has 1 aromatic heterocycles. The molecule has 0 spiro atoms. The summed E-state index contributed by atoms with van der Waals surface area (Å²) in [4.78, 5) is 16.1. The molecule has 2 aromatic rings. The first-order valence-electron chi connectivity index (χ1n) is 7.65. The van der Waals surface area contributed by atoms with Crippen molar-refractivity contribution in [3.63, 3.8) is 0 Å². The fourth-order valence-electron chi connectivity index (χ4n) is 3.01. The number of aromatic nitrogens is 1. The predicted octanol–water partition coefficient (Wildman–Crippen LogP) is 0.991. The van der Waals surface area contributed by atoms with Crippen LogP contribution in [0.15, 0.2) is 35.4 Å². The summed E-state index contributed by atoms with van der Waals surface area (Å²) < 4.78 is 32.2. The number of esters is 1. The molecule has 1 aliphatic heterocycles. The van der Waals surface area contributed by atoms with E-state index in [0.717, 1.165) is 6.42 Å². The summed E-state index contributed by atoms with van der Waals surface area (Å²) in [6.45, 7) is 1.34. The SMILES string of the molecule is COC(=O)c1nccc2c(S(=O)(=O)N3CCC(CN)C3)cccc12. The third kappa shape index (κ3) is 2.77. The first kappa shape index (κ1) is 16.8. The molecule has 8 heteroatoms. The Balaban J connectivity index is 2.12. The Kier molecular flexibility index (Phi) is 4.53. The number of sulfonamides is 1. The second-order valence-corrected chi connectivity index (χ2v) is 7.66. The van der Waals surface area contributed by atoms with E-state index in [4.69, 9.17) is 10.5 Å². The monoisotopic (exact) mass is 349 g/mol. The summed E-state index contributed by atoms with van der Waals surface area (Å²) in [7, 11) is -2.40. The molecule has 1 unspecified atom stereocenters. The zero-order valence-electron chi connectivity index (χ0n) is 13.3. The van der Waals surface area contributed by atoms with Crippen LogP contribution < -0.4 is 5.73 Å². The number of fused-ring (bicyclic) bond motifs is 1. The van der Waals surface area contributed by atoms with Crippen molar-refractivity contribution >= 4 is 26.8 Å². The molecule has 1 fully saturated rings. The van der Waals surface area contributed by atoms with Gasteiger partial charge in [-0.3, -0.25) is 0 Å². The van der Waals surface area contributed by atoms with Crippen LogP contribution >= 0.6 is 0 Å². The minimum atomic E-state index is -3.66. The molecule has 2 heterocycles. The molecule has 1 atom stereocenters. The van der Waals surface area contributed by atoms with Gasteiger partial charge in [0.05, 0.1) is 12.0 Å². The molecule has 1 saturated heterocycles. The van der Waals surface area contributed by atoms with Crippen molar-refractivity contribution < 1.29 is 17.9 Å². The summed E-state index contributed by atoms with van der Waals surface area (Å²) in [6, 6.07) is 6.43. The normalized spacial score (nSPS) is 18.8. The Morgan fingerprint density at radius 3 is 2.83 bits per heavy atom. The summed E-state index contributed by atoms with van der Waals surface area (Å²) in [6.07, 6.45) is 2.18. The van der Waals surface area contributed by atoms with Gasteiger partial charge in [0, 0.05) is 30.1 Å². The number of nitrogens with two attached hydrogens (primary N) is 1. The molecule has 0 bridgehead atoms. The lowest BCUT2D eigenvalue weighted by Gasteiger charge is -2.18. The molecule has 0 radical (unpaired) electrons. The van der Waals surface area contributed by atoms with E-state index in [-0.39, 0.29) is 16.5 Å². The van der Waals surface area contributed by atoms with E-state index < -0.39 is 16.0 Å². The van der Waals surface area contributed by atoms with Crippen LogP contribution in [0.4, 0.5) is 0 Å². The van der Waals surface area contributed by atoms with Crippen molar-refractivity contribution in [1.29, 1.82) is 0 Å². The van der Waals surface area contributed by atoms with Crippen molar-refractivity contribution in [2.45, 2.75) is 11.3 Å². The standard InChI is InChI=1S/C16H19N3O4S/c1-23-16(20)15-13-3-2-4-14(12(13)5-7-18-15)24(21,22)19-8-6-11(9-17)10-19/h2-5,7,11H,6,8-10,17H2,1H3. The van der Waals surface area contributed by atoms with E-state index in [1.54, 1.807) is 24.3 Å². The molecule has 0 aliphatic carbocycles. The first-order valence-corrected chi connectivity index (χ1v) is 9.09. The molecule has 24 heavy (non-hydrogen) atoms. The highest BCUT2D eigenvalue weighted by Crippen LogP contribution is 2.30. The maximum absolute atomic E-state index is 13.0. The average Bonchev–Trinajstić information content (AvgIpc) is 3.10. The quantitative estimate of drug-likeness (QED) is 0.826. The minimum Gasteiger partial charge on any atom is -0.464 e. The molecule has 1 aromatic carbocycles. The Morgan fingerprint density at radius 1 is 1.38 bits per heavy atom. The highest BCUT2D eigenvalue weighted by molar-refractivity contribution is 7.89. The maximum atomic E-state index is 13.0. The third-order valence-electron chi connectivity index (χ3n) is 4.34. The van der Waals surface area contributed by atoms with Gasteiger partial charge in [0.1, 0.15) is 0 Å². The number of benzene rings is 1. The van der Waals surface area contributed by atoms with Gasteiger partial charge in [-0.15, -0.1) is 0 Å². The number of methoxy groups -OCH3 is 1. The zero-order chi connectivity index (χ0) is 17.3. The average molecular weight is 349 g/mol. The van der Waals surface area contributed by atoms with Crippen molar-refractivity contribution in [2.24, 2.45) is 11.7 Å². The molecule has 7 nitrogen and oxygen atoms in total. The summed E-state index contributed by atoms with van der Waals surface area (Å²) >= 11 is 0. The summed E-state index contributed by atoms with van der Waals surface area (Å²) in [5.41, 5.74) is 5.76. The topological polar surface area (TPSA) is 103 Å². The molecule has 0 saturated carbocycles. The van der Waals surface area contributed by atoms with Crippen molar-refractivity contribution in [2.75, 3.05) is 26.7 Å². The van der Waals surface area contributed by atoms with Crippen molar-refractivity contribution in [3.05, 3.63) is 36.2 Å².